The molecule has 0 heterocycles. The van der Waals surface area contributed by atoms with Gasteiger partial charge < -0.3 is 4.74 Å². The van der Waals surface area contributed by atoms with Crippen LogP contribution in [-0.4, -0.2) is 11.6 Å². The standard InChI is InChI=1S/C14H26O2/c1-5-11(3)13(15)16-14(12(4)6-2)9-7-8-10-14/h11-12H,5-10H2,1-4H3. The molecule has 0 amide bonds. The van der Waals surface area contributed by atoms with E-state index in [1.807, 2.05) is 13.8 Å². The van der Waals surface area contributed by atoms with Crippen molar-refractivity contribution in [2.24, 2.45) is 11.8 Å². The van der Waals surface area contributed by atoms with Gasteiger partial charge in [-0.05, 0) is 44.4 Å². The van der Waals surface area contributed by atoms with Crippen molar-refractivity contribution in [2.75, 3.05) is 0 Å². The van der Waals surface area contributed by atoms with E-state index in [0.29, 0.717) is 5.92 Å². The fourth-order valence-corrected chi connectivity index (χ4v) is 2.51. The van der Waals surface area contributed by atoms with E-state index in [0.717, 1.165) is 25.7 Å². The van der Waals surface area contributed by atoms with Crippen LogP contribution in [0.15, 0.2) is 0 Å². The van der Waals surface area contributed by atoms with E-state index in [-0.39, 0.29) is 17.5 Å². The Morgan fingerprint density at radius 1 is 1.19 bits per heavy atom. The number of carbonyl (C=O) groups excluding carboxylic acids is 1. The second-order valence-electron chi connectivity index (χ2n) is 5.31. The SMILES string of the molecule is CCC(C)C(=O)OC1(C(C)CC)CCCC1. The van der Waals surface area contributed by atoms with Crippen LogP contribution in [0.5, 0.6) is 0 Å². The van der Waals surface area contributed by atoms with Crippen LogP contribution in [0, 0.1) is 11.8 Å². The predicted octanol–water partition coefficient (Wildman–Crippen LogP) is 3.93. The molecular weight excluding hydrogens is 200 g/mol. The maximum Gasteiger partial charge on any atom is 0.309 e. The van der Waals surface area contributed by atoms with Crippen molar-refractivity contribution in [3.8, 4) is 0 Å². The topological polar surface area (TPSA) is 26.3 Å². The Morgan fingerprint density at radius 3 is 2.19 bits per heavy atom. The number of esters is 1. The second kappa shape index (κ2) is 5.70. The lowest BCUT2D eigenvalue weighted by atomic mass is 9.85. The third-order valence-electron chi connectivity index (χ3n) is 4.28. The molecule has 0 saturated heterocycles. The van der Waals surface area contributed by atoms with Crippen molar-refractivity contribution < 1.29 is 9.53 Å². The first-order chi connectivity index (χ1) is 7.55. The summed E-state index contributed by atoms with van der Waals surface area (Å²) in [7, 11) is 0. The van der Waals surface area contributed by atoms with Gasteiger partial charge in [0.05, 0.1) is 5.92 Å². The van der Waals surface area contributed by atoms with E-state index < -0.39 is 0 Å². The van der Waals surface area contributed by atoms with Crippen LogP contribution < -0.4 is 0 Å². The minimum Gasteiger partial charge on any atom is -0.459 e. The molecule has 0 aromatic carbocycles. The second-order valence-corrected chi connectivity index (χ2v) is 5.31. The number of ether oxygens (including phenoxy) is 1. The van der Waals surface area contributed by atoms with E-state index in [1.54, 1.807) is 0 Å². The van der Waals surface area contributed by atoms with Gasteiger partial charge in [-0.1, -0.05) is 27.7 Å². The van der Waals surface area contributed by atoms with Crippen LogP contribution in [0.25, 0.3) is 0 Å². The molecule has 2 atom stereocenters. The number of hydrogen-bond acceptors (Lipinski definition) is 2. The highest BCUT2D eigenvalue weighted by Gasteiger charge is 2.42. The Morgan fingerprint density at radius 2 is 1.75 bits per heavy atom. The maximum absolute atomic E-state index is 11.9. The average Bonchev–Trinajstić information content (AvgIpc) is 2.76. The van der Waals surface area contributed by atoms with E-state index in [2.05, 4.69) is 13.8 Å². The number of rotatable bonds is 5. The van der Waals surface area contributed by atoms with Crippen LogP contribution in [0.2, 0.25) is 0 Å². The van der Waals surface area contributed by atoms with Gasteiger partial charge in [-0.2, -0.15) is 0 Å². The lowest BCUT2D eigenvalue weighted by Gasteiger charge is -2.35. The first kappa shape index (κ1) is 13.5. The molecule has 1 aliphatic carbocycles. The Hall–Kier alpha value is -0.530. The van der Waals surface area contributed by atoms with Crippen molar-refractivity contribution in [3.63, 3.8) is 0 Å². The molecule has 2 unspecified atom stereocenters. The summed E-state index contributed by atoms with van der Waals surface area (Å²) >= 11 is 0. The molecule has 0 aromatic heterocycles. The third kappa shape index (κ3) is 2.78. The zero-order valence-electron chi connectivity index (χ0n) is 11.2. The minimum atomic E-state index is -0.144. The summed E-state index contributed by atoms with van der Waals surface area (Å²) in [6.07, 6.45) is 6.49. The fraction of sp³-hybridized carbons (Fsp3) is 0.929. The molecular formula is C14H26O2. The monoisotopic (exact) mass is 226 g/mol. The summed E-state index contributed by atoms with van der Waals surface area (Å²) in [4.78, 5) is 11.9. The highest BCUT2D eigenvalue weighted by Crippen LogP contribution is 2.41. The number of hydrogen-bond donors (Lipinski definition) is 0. The molecule has 0 aliphatic heterocycles. The largest absolute Gasteiger partial charge is 0.459 e. The zero-order chi connectivity index (χ0) is 12.2. The van der Waals surface area contributed by atoms with Gasteiger partial charge in [-0.15, -0.1) is 0 Å². The van der Waals surface area contributed by atoms with E-state index in [1.165, 1.54) is 12.8 Å². The molecule has 1 saturated carbocycles. The fourth-order valence-electron chi connectivity index (χ4n) is 2.51. The van der Waals surface area contributed by atoms with E-state index in [4.69, 9.17) is 4.74 Å². The molecule has 16 heavy (non-hydrogen) atoms. The first-order valence-electron chi connectivity index (χ1n) is 6.78. The molecule has 1 aliphatic rings. The smallest absolute Gasteiger partial charge is 0.309 e. The summed E-state index contributed by atoms with van der Waals surface area (Å²) in [5, 5.41) is 0. The third-order valence-corrected chi connectivity index (χ3v) is 4.28. The van der Waals surface area contributed by atoms with Crippen molar-refractivity contribution in [1.82, 2.24) is 0 Å². The Bertz CT molecular complexity index is 229. The van der Waals surface area contributed by atoms with Gasteiger partial charge >= 0.3 is 5.97 Å². The summed E-state index contributed by atoms with van der Waals surface area (Å²) in [6.45, 7) is 8.40. The molecule has 0 aromatic rings. The predicted molar refractivity (Wildman–Crippen MR) is 66.2 cm³/mol. The van der Waals surface area contributed by atoms with Crippen molar-refractivity contribution >= 4 is 5.97 Å². The van der Waals surface area contributed by atoms with Crippen LogP contribution in [0.1, 0.15) is 66.2 Å². The Balaban J connectivity index is 2.68. The molecule has 2 heteroatoms. The van der Waals surface area contributed by atoms with Crippen molar-refractivity contribution in [1.29, 1.82) is 0 Å². The zero-order valence-corrected chi connectivity index (χ0v) is 11.2. The van der Waals surface area contributed by atoms with Crippen LogP contribution in [0.4, 0.5) is 0 Å². The Labute approximate surface area is 99.8 Å². The molecule has 0 radical (unpaired) electrons. The molecule has 1 fully saturated rings. The van der Waals surface area contributed by atoms with E-state index >= 15 is 0 Å². The minimum absolute atomic E-state index is 0.00435. The van der Waals surface area contributed by atoms with E-state index in [9.17, 15) is 4.79 Å². The van der Waals surface area contributed by atoms with Gasteiger partial charge in [0.25, 0.3) is 0 Å². The lowest BCUT2D eigenvalue weighted by molar-refractivity contribution is -0.169. The van der Waals surface area contributed by atoms with Gasteiger partial charge in [-0.25, -0.2) is 0 Å². The highest BCUT2D eigenvalue weighted by atomic mass is 16.6. The van der Waals surface area contributed by atoms with Crippen molar-refractivity contribution in [2.45, 2.75) is 71.8 Å². The molecule has 0 N–H and O–H groups in total. The molecule has 2 nitrogen and oxygen atoms in total. The maximum atomic E-state index is 11.9. The summed E-state index contributed by atoms with van der Waals surface area (Å²) < 4.78 is 5.87. The summed E-state index contributed by atoms with van der Waals surface area (Å²) in [6, 6.07) is 0. The lowest BCUT2D eigenvalue weighted by Crippen LogP contribution is -2.40. The van der Waals surface area contributed by atoms with Gasteiger partial charge in [0.1, 0.15) is 5.60 Å². The average molecular weight is 226 g/mol. The summed E-state index contributed by atoms with van der Waals surface area (Å²) in [5.74, 6) is 0.536. The van der Waals surface area contributed by atoms with Gasteiger partial charge in [0.2, 0.25) is 0 Å². The van der Waals surface area contributed by atoms with Gasteiger partial charge in [0.15, 0.2) is 0 Å². The van der Waals surface area contributed by atoms with Crippen LogP contribution >= 0.6 is 0 Å². The quantitative estimate of drug-likeness (QED) is 0.664. The van der Waals surface area contributed by atoms with Crippen LogP contribution in [-0.2, 0) is 9.53 Å². The van der Waals surface area contributed by atoms with Gasteiger partial charge in [-0.3, -0.25) is 4.79 Å². The first-order valence-corrected chi connectivity index (χ1v) is 6.78. The van der Waals surface area contributed by atoms with Crippen LogP contribution in [0.3, 0.4) is 0 Å². The number of carbonyl (C=O) groups is 1. The molecule has 1 rings (SSSR count). The molecule has 0 spiro atoms. The van der Waals surface area contributed by atoms with Crippen molar-refractivity contribution in [3.05, 3.63) is 0 Å². The summed E-state index contributed by atoms with van der Waals surface area (Å²) in [5.41, 5.74) is -0.144. The molecule has 94 valence electrons. The normalized spacial score (nSPS) is 22.8. The highest BCUT2D eigenvalue weighted by molar-refractivity contribution is 5.72. The van der Waals surface area contributed by atoms with Gasteiger partial charge in [0, 0.05) is 0 Å². The Kier molecular flexibility index (Phi) is 4.82. The molecule has 0 bridgehead atoms.